The van der Waals surface area contributed by atoms with E-state index in [9.17, 15) is 4.79 Å². The predicted octanol–water partition coefficient (Wildman–Crippen LogP) is 3.93. The van der Waals surface area contributed by atoms with Gasteiger partial charge in [-0.05, 0) is 34.9 Å². The fourth-order valence-corrected chi connectivity index (χ4v) is 3.66. The molecule has 3 nitrogen and oxygen atoms in total. The van der Waals surface area contributed by atoms with Crippen molar-refractivity contribution in [3.8, 4) is 0 Å². The molecular formula is C15H16N2OS. The molecule has 19 heavy (non-hydrogen) atoms. The summed E-state index contributed by atoms with van der Waals surface area (Å²) in [6.45, 7) is 4.27. The third-order valence-corrected chi connectivity index (χ3v) is 4.13. The van der Waals surface area contributed by atoms with Gasteiger partial charge in [-0.2, -0.15) is 0 Å². The molecule has 2 aromatic rings. The molecule has 0 spiro atoms. The molecule has 1 aliphatic rings. The van der Waals surface area contributed by atoms with Crippen molar-refractivity contribution in [2.75, 3.05) is 0 Å². The molecule has 0 unspecified atom stereocenters. The van der Waals surface area contributed by atoms with Gasteiger partial charge in [-0.3, -0.25) is 4.79 Å². The summed E-state index contributed by atoms with van der Waals surface area (Å²) in [4.78, 5) is 20.6. The van der Waals surface area contributed by atoms with Gasteiger partial charge in [0.2, 0.25) is 0 Å². The Kier molecular flexibility index (Phi) is 2.97. The lowest BCUT2D eigenvalue weighted by Gasteiger charge is -2.27. The molecule has 1 N–H and O–H groups in total. The SMILES string of the molecule is CC1(C)CC(=O)C=C(Sc2nc3ccccc3[nH]2)C1. The van der Waals surface area contributed by atoms with Gasteiger partial charge in [-0.25, -0.2) is 4.98 Å². The van der Waals surface area contributed by atoms with Gasteiger partial charge in [-0.1, -0.05) is 37.7 Å². The third kappa shape index (κ3) is 2.73. The standard InChI is InChI=1S/C15H16N2OS/c1-15(2)8-10(18)7-11(9-15)19-14-16-12-5-3-4-6-13(12)17-14/h3-7H,8-9H2,1-2H3,(H,16,17). The van der Waals surface area contributed by atoms with E-state index in [2.05, 4.69) is 23.8 Å². The van der Waals surface area contributed by atoms with Gasteiger partial charge in [0, 0.05) is 6.42 Å². The van der Waals surface area contributed by atoms with Crippen molar-refractivity contribution >= 4 is 28.6 Å². The maximum absolute atomic E-state index is 11.7. The molecule has 3 rings (SSSR count). The first-order valence-corrected chi connectivity index (χ1v) is 7.19. The molecule has 0 bridgehead atoms. The Morgan fingerprint density at radius 2 is 2.05 bits per heavy atom. The lowest BCUT2D eigenvalue weighted by molar-refractivity contribution is -0.116. The number of rotatable bonds is 2. The monoisotopic (exact) mass is 272 g/mol. The summed E-state index contributed by atoms with van der Waals surface area (Å²) in [5.41, 5.74) is 2.05. The summed E-state index contributed by atoms with van der Waals surface area (Å²) in [6, 6.07) is 7.96. The van der Waals surface area contributed by atoms with E-state index in [1.807, 2.05) is 24.3 Å². The van der Waals surface area contributed by atoms with Crippen LogP contribution in [0.25, 0.3) is 11.0 Å². The van der Waals surface area contributed by atoms with Crippen LogP contribution in [0.2, 0.25) is 0 Å². The Labute approximate surface area is 116 Å². The average Bonchev–Trinajstić information content (AvgIpc) is 2.67. The highest BCUT2D eigenvalue weighted by molar-refractivity contribution is 8.03. The molecular weight excluding hydrogens is 256 g/mol. The van der Waals surface area contributed by atoms with Crippen molar-refractivity contribution < 1.29 is 4.79 Å². The number of H-pyrrole nitrogens is 1. The molecule has 0 radical (unpaired) electrons. The highest BCUT2D eigenvalue weighted by Crippen LogP contribution is 2.40. The van der Waals surface area contributed by atoms with Crippen LogP contribution in [0.1, 0.15) is 26.7 Å². The first kappa shape index (κ1) is 12.5. The number of hydrogen-bond donors (Lipinski definition) is 1. The summed E-state index contributed by atoms with van der Waals surface area (Å²) in [6.07, 6.45) is 3.33. The van der Waals surface area contributed by atoms with Gasteiger partial charge in [0.15, 0.2) is 10.9 Å². The zero-order chi connectivity index (χ0) is 13.5. The van der Waals surface area contributed by atoms with Gasteiger partial charge in [0.1, 0.15) is 0 Å². The molecule has 1 aromatic heterocycles. The lowest BCUT2D eigenvalue weighted by Crippen LogP contribution is -2.20. The van der Waals surface area contributed by atoms with E-state index in [0.717, 1.165) is 27.5 Å². The number of thioether (sulfide) groups is 1. The van der Waals surface area contributed by atoms with Crippen LogP contribution in [0.5, 0.6) is 0 Å². The van der Waals surface area contributed by atoms with Gasteiger partial charge in [-0.15, -0.1) is 0 Å². The van der Waals surface area contributed by atoms with Crippen LogP contribution in [-0.4, -0.2) is 15.8 Å². The van der Waals surface area contributed by atoms with Crippen LogP contribution in [0.15, 0.2) is 40.4 Å². The van der Waals surface area contributed by atoms with Gasteiger partial charge in [0.05, 0.1) is 11.0 Å². The molecule has 4 heteroatoms. The van der Waals surface area contributed by atoms with Crippen molar-refractivity contribution in [1.82, 2.24) is 9.97 Å². The number of nitrogens with one attached hydrogen (secondary N) is 1. The fraction of sp³-hybridized carbons (Fsp3) is 0.333. The number of hydrogen-bond acceptors (Lipinski definition) is 3. The second-order valence-corrected chi connectivity index (χ2v) is 6.87. The van der Waals surface area contributed by atoms with Crippen molar-refractivity contribution in [2.45, 2.75) is 31.8 Å². The predicted molar refractivity (Wildman–Crippen MR) is 78.1 cm³/mol. The summed E-state index contributed by atoms with van der Waals surface area (Å²) in [5, 5.41) is 0.859. The first-order valence-electron chi connectivity index (χ1n) is 6.38. The number of carbonyl (C=O) groups excluding carboxylic acids is 1. The number of para-hydroxylation sites is 2. The van der Waals surface area contributed by atoms with E-state index in [1.165, 1.54) is 0 Å². The number of allylic oxidation sites excluding steroid dienone is 2. The summed E-state index contributed by atoms with van der Waals surface area (Å²) in [7, 11) is 0. The maximum atomic E-state index is 11.7. The highest BCUT2D eigenvalue weighted by atomic mass is 32.2. The first-order chi connectivity index (χ1) is 9.02. The molecule has 98 valence electrons. The van der Waals surface area contributed by atoms with Crippen molar-refractivity contribution in [1.29, 1.82) is 0 Å². The van der Waals surface area contributed by atoms with Crippen LogP contribution in [0.4, 0.5) is 0 Å². The highest BCUT2D eigenvalue weighted by Gasteiger charge is 2.28. The van der Waals surface area contributed by atoms with E-state index >= 15 is 0 Å². The minimum atomic E-state index is 0.0557. The summed E-state index contributed by atoms with van der Waals surface area (Å²) < 4.78 is 0. The Bertz CT molecular complexity index is 637. The quantitative estimate of drug-likeness (QED) is 0.901. The summed E-state index contributed by atoms with van der Waals surface area (Å²) in [5.74, 6) is 0.217. The number of carbonyl (C=O) groups is 1. The van der Waals surface area contributed by atoms with E-state index in [1.54, 1.807) is 17.8 Å². The molecule has 1 aromatic carbocycles. The number of nitrogens with zero attached hydrogens (tertiary/aromatic N) is 1. The van der Waals surface area contributed by atoms with E-state index in [0.29, 0.717) is 6.42 Å². The number of imidazole rings is 1. The number of ketones is 1. The van der Waals surface area contributed by atoms with Crippen LogP contribution < -0.4 is 0 Å². The normalized spacial score (nSPS) is 18.6. The Morgan fingerprint density at radius 1 is 1.26 bits per heavy atom. The molecule has 0 saturated heterocycles. The van der Waals surface area contributed by atoms with E-state index in [-0.39, 0.29) is 11.2 Å². The second kappa shape index (κ2) is 4.53. The van der Waals surface area contributed by atoms with E-state index < -0.39 is 0 Å². The second-order valence-electron chi connectivity index (χ2n) is 5.76. The number of benzene rings is 1. The minimum Gasteiger partial charge on any atom is -0.333 e. The average molecular weight is 272 g/mol. The molecule has 0 amide bonds. The van der Waals surface area contributed by atoms with Crippen LogP contribution in [-0.2, 0) is 4.79 Å². The minimum absolute atomic E-state index is 0.0557. The number of aromatic amines is 1. The van der Waals surface area contributed by atoms with Gasteiger partial charge >= 0.3 is 0 Å². The Morgan fingerprint density at radius 3 is 2.79 bits per heavy atom. The molecule has 0 aliphatic heterocycles. The molecule has 1 heterocycles. The smallest absolute Gasteiger partial charge is 0.170 e. The topological polar surface area (TPSA) is 45.8 Å². The number of aromatic nitrogens is 2. The van der Waals surface area contributed by atoms with Crippen molar-refractivity contribution in [2.24, 2.45) is 5.41 Å². The molecule has 1 aliphatic carbocycles. The Balaban J connectivity index is 1.86. The summed E-state index contributed by atoms with van der Waals surface area (Å²) >= 11 is 1.57. The fourth-order valence-electron chi connectivity index (χ4n) is 2.45. The molecule has 0 atom stereocenters. The van der Waals surface area contributed by atoms with Gasteiger partial charge in [0.25, 0.3) is 0 Å². The zero-order valence-corrected chi connectivity index (χ0v) is 11.9. The van der Waals surface area contributed by atoms with E-state index in [4.69, 9.17) is 0 Å². The molecule has 0 saturated carbocycles. The van der Waals surface area contributed by atoms with Gasteiger partial charge < -0.3 is 4.98 Å². The van der Waals surface area contributed by atoms with Crippen molar-refractivity contribution in [3.63, 3.8) is 0 Å². The zero-order valence-electron chi connectivity index (χ0n) is 11.1. The maximum Gasteiger partial charge on any atom is 0.170 e. The van der Waals surface area contributed by atoms with Crippen LogP contribution in [0, 0.1) is 5.41 Å². The Hall–Kier alpha value is -1.55. The van der Waals surface area contributed by atoms with Crippen molar-refractivity contribution in [3.05, 3.63) is 35.2 Å². The van der Waals surface area contributed by atoms with Crippen LogP contribution >= 0.6 is 11.8 Å². The third-order valence-electron chi connectivity index (χ3n) is 3.22. The molecule has 0 fully saturated rings. The number of fused-ring (bicyclic) bond motifs is 1. The van der Waals surface area contributed by atoms with Crippen LogP contribution in [0.3, 0.4) is 0 Å². The lowest BCUT2D eigenvalue weighted by atomic mass is 9.80. The largest absolute Gasteiger partial charge is 0.333 e.